The largest absolute Gasteiger partial charge is 0.344 e. The molecule has 0 spiro atoms. The summed E-state index contributed by atoms with van der Waals surface area (Å²) in [6.07, 6.45) is 4.51. The van der Waals surface area contributed by atoms with Crippen molar-refractivity contribution >= 4 is 11.4 Å². The molecule has 0 aliphatic heterocycles. The highest BCUT2D eigenvalue weighted by molar-refractivity contribution is 5.65. The van der Waals surface area contributed by atoms with E-state index in [1.165, 1.54) is 29.8 Å². The van der Waals surface area contributed by atoms with Crippen LogP contribution >= 0.6 is 0 Å². The van der Waals surface area contributed by atoms with Crippen molar-refractivity contribution in [3.8, 4) is 0 Å². The highest BCUT2D eigenvalue weighted by Gasteiger charge is 2.20. The Balaban J connectivity index is 1.78. The van der Waals surface area contributed by atoms with Crippen molar-refractivity contribution < 1.29 is 0 Å². The van der Waals surface area contributed by atoms with Gasteiger partial charge in [0.1, 0.15) is 0 Å². The van der Waals surface area contributed by atoms with Gasteiger partial charge in [0, 0.05) is 37.2 Å². The highest BCUT2D eigenvalue weighted by Crippen LogP contribution is 2.26. The number of hydrogen-bond donors (Lipinski definition) is 1. The lowest BCUT2D eigenvalue weighted by Gasteiger charge is -2.22. The fraction of sp³-hybridized carbons (Fsp3) is 0.353. The third-order valence-corrected chi connectivity index (χ3v) is 3.81. The lowest BCUT2D eigenvalue weighted by atomic mass is 10.1. The predicted molar refractivity (Wildman–Crippen MR) is 83.3 cm³/mol. The third-order valence-electron chi connectivity index (χ3n) is 3.81. The Morgan fingerprint density at radius 1 is 1.25 bits per heavy atom. The number of aryl methyl sites for hydroxylation is 1. The van der Waals surface area contributed by atoms with Crippen molar-refractivity contribution in [2.24, 2.45) is 0 Å². The van der Waals surface area contributed by atoms with Crippen LogP contribution in [0.1, 0.15) is 24.1 Å². The van der Waals surface area contributed by atoms with Crippen molar-refractivity contribution in [3.63, 3.8) is 0 Å². The van der Waals surface area contributed by atoms with Gasteiger partial charge in [-0.05, 0) is 43.5 Å². The number of nitrogens with zero attached hydrogens (tertiary/aromatic N) is 2. The number of hydrogen-bond acceptors (Lipinski definition) is 3. The Morgan fingerprint density at radius 3 is 2.80 bits per heavy atom. The van der Waals surface area contributed by atoms with E-state index < -0.39 is 0 Å². The standard InChI is InChI=1S/C17H21N3/c1-13-5-3-4-6-17(13)20(2)16-9-10-18-15(11-16)12-19-14-7-8-14/h3-6,9-11,14,19H,7-8,12H2,1-2H3. The molecule has 1 heterocycles. The molecule has 0 saturated heterocycles. The number of para-hydroxylation sites is 1. The molecule has 0 atom stereocenters. The van der Waals surface area contributed by atoms with Gasteiger partial charge in [0.15, 0.2) is 0 Å². The van der Waals surface area contributed by atoms with Gasteiger partial charge in [0.25, 0.3) is 0 Å². The first-order valence-electron chi connectivity index (χ1n) is 7.22. The maximum atomic E-state index is 4.45. The van der Waals surface area contributed by atoms with Crippen LogP contribution in [0.2, 0.25) is 0 Å². The maximum absolute atomic E-state index is 4.45. The molecule has 0 unspecified atom stereocenters. The van der Waals surface area contributed by atoms with Gasteiger partial charge in [0.05, 0.1) is 5.69 Å². The fourth-order valence-electron chi connectivity index (χ4n) is 2.39. The van der Waals surface area contributed by atoms with E-state index in [2.05, 4.69) is 65.6 Å². The summed E-state index contributed by atoms with van der Waals surface area (Å²) in [5, 5.41) is 3.51. The first kappa shape index (κ1) is 13.1. The molecule has 1 aliphatic rings. The van der Waals surface area contributed by atoms with E-state index in [0.717, 1.165) is 18.3 Å². The molecule has 0 bridgehead atoms. The second kappa shape index (κ2) is 5.63. The molecule has 0 radical (unpaired) electrons. The molecular weight excluding hydrogens is 246 g/mol. The summed E-state index contributed by atoms with van der Waals surface area (Å²) in [6.45, 7) is 3.00. The Labute approximate surface area is 120 Å². The summed E-state index contributed by atoms with van der Waals surface area (Å²) in [7, 11) is 2.11. The van der Waals surface area contributed by atoms with Gasteiger partial charge < -0.3 is 10.2 Å². The normalized spacial score (nSPS) is 14.3. The predicted octanol–water partition coefficient (Wildman–Crippen LogP) is 3.41. The Hall–Kier alpha value is -1.87. The number of nitrogens with one attached hydrogen (secondary N) is 1. The van der Waals surface area contributed by atoms with Gasteiger partial charge in [-0.3, -0.25) is 4.98 Å². The van der Waals surface area contributed by atoms with Crippen LogP contribution in [0, 0.1) is 6.92 Å². The number of anilines is 2. The van der Waals surface area contributed by atoms with Gasteiger partial charge in [-0.25, -0.2) is 0 Å². The fourth-order valence-corrected chi connectivity index (χ4v) is 2.39. The van der Waals surface area contributed by atoms with Crippen LogP contribution in [0.15, 0.2) is 42.6 Å². The van der Waals surface area contributed by atoms with Crippen LogP contribution in [-0.2, 0) is 6.54 Å². The molecule has 2 aromatic rings. The average Bonchev–Trinajstić information content (AvgIpc) is 3.29. The van der Waals surface area contributed by atoms with E-state index in [-0.39, 0.29) is 0 Å². The first-order chi connectivity index (χ1) is 9.74. The molecule has 1 aromatic heterocycles. The lowest BCUT2D eigenvalue weighted by Crippen LogP contribution is -2.17. The van der Waals surface area contributed by atoms with Gasteiger partial charge in [-0.15, -0.1) is 0 Å². The number of rotatable bonds is 5. The van der Waals surface area contributed by atoms with E-state index in [0.29, 0.717) is 0 Å². The summed E-state index contributed by atoms with van der Waals surface area (Å²) in [5.41, 5.74) is 4.81. The van der Waals surface area contributed by atoms with E-state index in [9.17, 15) is 0 Å². The monoisotopic (exact) mass is 267 g/mol. The van der Waals surface area contributed by atoms with Crippen molar-refractivity contribution in [1.82, 2.24) is 10.3 Å². The third kappa shape index (κ3) is 2.99. The molecule has 1 fully saturated rings. The Morgan fingerprint density at radius 2 is 2.05 bits per heavy atom. The minimum absolute atomic E-state index is 0.717. The molecule has 0 amide bonds. The van der Waals surface area contributed by atoms with Gasteiger partial charge in [0.2, 0.25) is 0 Å². The van der Waals surface area contributed by atoms with Crippen LogP contribution in [0.5, 0.6) is 0 Å². The molecule has 104 valence electrons. The smallest absolute Gasteiger partial charge is 0.0562 e. The SMILES string of the molecule is Cc1ccccc1N(C)c1ccnc(CNC2CC2)c1. The molecule has 3 nitrogen and oxygen atoms in total. The lowest BCUT2D eigenvalue weighted by molar-refractivity contribution is 0.674. The number of pyridine rings is 1. The molecule has 3 rings (SSSR count). The highest BCUT2D eigenvalue weighted by atomic mass is 15.1. The molecule has 1 aliphatic carbocycles. The second-order valence-corrected chi connectivity index (χ2v) is 5.51. The molecule has 20 heavy (non-hydrogen) atoms. The average molecular weight is 267 g/mol. The minimum Gasteiger partial charge on any atom is -0.344 e. The van der Waals surface area contributed by atoms with E-state index in [1.807, 2.05) is 6.20 Å². The van der Waals surface area contributed by atoms with Crippen LogP contribution in [0.3, 0.4) is 0 Å². The van der Waals surface area contributed by atoms with E-state index in [4.69, 9.17) is 0 Å². The molecule has 1 aromatic carbocycles. The van der Waals surface area contributed by atoms with Crippen LogP contribution in [0.4, 0.5) is 11.4 Å². The van der Waals surface area contributed by atoms with E-state index >= 15 is 0 Å². The minimum atomic E-state index is 0.717. The topological polar surface area (TPSA) is 28.2 Å². The summed E-state index contributed by atoms with van der Waals surface area (Å²) in [4.78, 5) is 6.67. The zero-order valence-electron chi connectivity index (χ0n) is 12.1. The van der Waals surface area contributed by atoms with Crippen LogP contribution in [0.25, 0.3) is 0 Å². The van der Waals surface area contributed by atoms with Gasteiger partial charge in [-0.1, -0.05) is 18.2 Å². The van der Waals surface area contributed by atoms with Crippen molar-refractivity contribution in [2.45, 2.75) is 32.4 Å². The zero-order chi connectivity index (χ0) is 13.9. The van der Waals surface area contributed by atoms with Gasteiger partial charge >= 0.3 is 0 Å². The summed E-state index contributed by atoms with van der Waals surface area (Å²) >= 11 is 0. The first-order valence-corrected chi connectivity index (χ1v) is 7.22. The Kier molecular flexibility index (Phi) is 3.70. The second-order valence-electron chi connectivity index (χ2n) is 5.51. The molecule has 3 heteroatoms. The Bertz CT molecular complexity index is 590. The zero-order valence-corrected chi connectivity index (χ0v) is 12.1. The molecular formula is C17H21N3. The summed E-state index contributed by atoms with van der Waals surface area (Å²) in [5.74, 6) is 0. The molecule has 1 saturated carbocycles. The summed E-state index contributed by atoms with van der Waals surface area (Å²) in [6, 6.07) is 13.4. The van der Waals surface area contributed by atoms with Crippen molar-refractivity contribution in [2.75, 3.05) is 11.9 Å². The van der Waals surface area contributed by atoms with Crippen LogP contribution < -0.4 is 10.2 Å². The van der Waals surface area contributed by atoms with Crippen LogP contribution in [-0.4, -0.2) is 18.1 Å². The molecule has 1 N–H and O–H groups in total. The van der Waals surface area contributed by atoms with Crippen molar-refractivity contribution in [3.05, 3.63) is 53.9 Å². The number of benzene rings is 1. The number of aromatic nitrogens is 1. The quantitative estimate of drug-likeness (QED) is 0.900. The van der Waals surface area contributed by atoms with Crippen molar-refractivity contribution in [1.29, 1.82) is 0 Å². The summed E-state index contributed by atoms with van der Waals surface area (Å²) < 4.78 is 0. The van der Waals surface area contributed by atoms with Gasteiger partial charge in [-0.2, -0.15) is 0 Å². The maximum Gasteiger partial charge on any atom is 0.0562 e. The van der Waals surface area contributed by atoms with E-state index in [1.54, 1.807) is 0 Å².